The second-order valence-electron chi connectivity index (χ2n) is 10.4. The number of hydrogen-bond donors (Lipinski definition) is 1. The first kappa shape index (κ1) is 31.5. The van der Waals surface area contributed by atoms with Crippen LogP contribution in [-0.4, -0.2) is 57.5 Å². The number of sulfonamides is 1. The van der Waals surface area contributed by atoms with Crippen LogP contribution >= 0.6 is 0 Å². The van der Waals surface area contributed by atoms with Crippen molar-refractivity contribution in [2.24, 2.45) is 0 Å². The Balaban J connectivity index is 1.55. The summed E-state index contributed by atoms with van der Waals surface area (Å²) in [5.41, 5.74) is 1.67. The van der Waals surface area contributed by atoms with Gasteiger partial charge in [-0.05, 0) is 54.4 Å². The number of rotatable bonds is 12. The van der Waals surface area contributed by atoms with Gasteiger partial charge < -0.3 is 19.7 Å². The van der Waals surface area contributed by atoms with Crippen LogP contribution in [0.3, 0.4) is 0 Å². The van der Waals surface area contributed by atoms with Crippen LogP contribution < -0.4 is 19.1 Å². The molecule has 1 aliphatic heterocycles. The maximum absolute atomic E-state index is 14.4. The molecule has 5 rings (SSSR count). The van der Waals surface area contributed by atoms with Gasteiger partial charge in [0.15, 0.2) is 11.5 Å². The van der Waals surface area contributed by atoms with Crippen molar-refractivity contribution in [2.75, 3.05) is 30.6 Å². The predicted octanol–water partition coefficient (Wildman–Crippen LogP) is 4.57. The lowest BCUT2D eigenvalue weighted by molar-refractivity contribution is -0.140. The van der Waals surface area contributed by atoms with Crippen LogP contribution in [0.4, 0.5) is 10.1 Å². The average molecular weight is 632 g/mol. The molecule has 0 saturated heterocycles. The molecule has 0 fully saturated rings. The van der Waals surface area contributed by atoms with Crippen LogP contribution in [0.2, 0.25) is 0 Å². The number of benzene rings is 4. The van der Waals surface area contributed by atoms with Crippen molar-refractivity contribution in [3.63, 3.8) is 0 Å². The van der Waals surface area contributed by atoms with Gasteiger partial charge in [-0.1, -0.05) is 60.7 Å². The molecule has 0 spiro atoms. The van der Waals surface area contributed by atoms with E-state index < -0.39 is 34.3 Å². The van der Waals surface area contributed by atoms with E-state index in [2.05, 4.69) is 5.32 Å². The highest BCUT2D eigenvalue weighted by Crippen LogP contribution is 2.34. The molecule has 9 nitrogen and oxygen atoms in total. The summed E-state index contributed by atoms with van der Waals surface area (Å²) in [5.74, 6) is -0.876. The molecule has 11 heteroatoms. The second kappa shape index (κ2) is 14.3. The number of fused-ring (bicyclic) bond motifs is 1. The fraction of sp³-hybridized carbons (Fsp3) is 0.235. The first-order valence-corrected chi connectivity index (χ1v) is 16.0. The van der Waals surface area contributed by atoms with E-state index in [1.165, 1.54) is 35.2 Å². The van der Waals surface area contributed by atoms with Gasteiger partial charge in [0, 0.05) is 25.6 Å². The maximum Gasteiger partial charge on any atom is 0.264 e. The third-order valence-corrected chi connectivity index (χ3v) is 9.08. The van der Waals surface area contributed by atoms with Gasteiger partial charge in [0.25, 0.3) is 10.0 Å². The molecule has 1 atom stereocenters. The zero-order valence-electron chi connectivity index (χ0n) is 24.8. The number of anilines is 1. The molecule has 234 valence electrons. The number of halogens is 1. The Morgan fingerprint density at radius 3 is 2.11 bits per heavy atom. The molecule has 4 aromatic rings. The van der Waals surface area contributed by atoms with Crippen molar-refractivity contribution in [1.82, 2.24) is 10.2 Å². The minimum atomic E-state index is -4.39. The number of amides is 2. The van der Waals surface area contributed by atoms with Gasteiger partial charge in [-0.25, -0.2) is 12.8 Å². The number of carbonyl (C=O) groups excluding carboxylic acids is 2. The molecule has 0 saturated carbocycles. The van der Waals surface area contributed by atoms with Crippen molar-refractivity contribution >= 4 is 27.5 Å². The monoisotopic (exact) mass is 631 g/mol. The summed E-state index contributed by atoms with van der Waals surface area (Å²) < 4.78 is 54.4. The topological polar surface area (TPSA) is 105 Å². The number of likely N-dealkylation sites (N-methyl/N-ethyl adjacent to an activating group) is 1. The Kier molecular flexibility index (Phi) is 9.99. The van der Waals surface area contributed by atoms with Crippen LogP contribution in [0.1, 0.15) is 18.1 Å². The fourth-order valence-electron chi connectivity index (χ4n) is 5.07. The summed E-state index contributed by atoms with van der Waals surface area (Å²) in [4.78, 5) is 29.2. The van der Waals surface area contributed by atoms with E-state index in [9.17, 15) is 22.4 Å². The van der Waals surface area contributed by atoms with Gasteiger partial charge in [0.1, 0.15) is 31.6 Å². The van der Waals surface area contributed by atoms with Gasteiger partial charge in [-0.3, -0.25) is 13.9 Å². The summed E-state index contributed by atoms with van der Waals surface area (Å²) in [6, 6.07) is 26.6. The van der Waals surface area contributed by atoms with Crippen molar-refractivity contribution < 1.29 is 31.9 Å². The summed E-state index contributed by atoms with van der Waals surface area (Å²) in [7, 11) is -4.39. The van der Waals surface area contributed by atoms with Crippen LogP contribution in [0.5, 0.6) is 11.5 Å². The van der Waals surface area contributed by atoms with Gasteiger partial charge in [0.05, 0.1) is 10.6 Å². The molecule has 0 aromatic heterocycles. The van der Waals surface area contributed by atoms with Crippen molar-refractivity contribution in [2.45, 2.75) is 30.8 Å². The van der Waals surface area contributed by atoms with E-state index in [0.717, 1.165) is 27.6 Å². The predicted molar refractivity (Wildman–Crippen MR) is 168 cm³/mol. The number of carbonyl (C=O) groups is 2. The van der Waals surface area contributed by atoms with E-state index in [1.807, 2.05) is 60.7 Å². The van der Waals surface area contributed by atoms with Crippen LogP contribution in [0.15, 0.2) is 108 Å². The highest BCUT2D eigenvalue weighted by Gasteiger charge is 2.35. The quantitative estimate of drug-likeness (QED) is 0.246. The molecule has 0 aliphatic carbocycles. The highest BCUT2D eigenvalue weighted by atomic mass is 32.2. The van der Waals surface area contributed by atoms with Crippen LogP contribution in [0, 0.1) is 5.82 Å². The molecule has 1 heterocycles. The first-order chi connectivity index (χ1) is 21.8. The molecule has 45 heavy (non-hydrogen) atoms. The van der Waals surface area contributed by atoms with E-state index in [4.69, 9.17) is 9.47 Å². The largest absolute Gasteiger partial charge is 0.486 e. The minimum absolute atomic E-state index is 0.0512. The Morgan fingerprint density at radius 2 is 1.47 bits per heavy atom. The smallest absolute Gasteiger partial charge is 0.264 e. The van der Waals surface area contributed by atoms with E-state index in [0.29, 0.717) is 18.9 Å². The Bertz CT molecular complexity index is 1720. The highest BCUT2D eigenvalue weighted by molar-refractivity contribution is 7.92. The van der Waals surface area contributed by atoms with Gasteiger partial charge in [-0.15, -0.1) is 0 Å². The molecular weight excluding hydrogens is 597 g/mol. The van der Waals surface area contributed by atoms with Gasteiger partial charge in [0.2, 0.25) is 11.8 Å². The third kappa shape index (κ3) is 7.61. The lowest BCUT2D eigenvalue weighted by Crippen LogP contribution is -2.53. The average Bonchev–Trinajstić information content (AvgIpc) is 3.06. The molecule has 4 aromatic carbocycles. The Labute approximate surface area is 262 Å². The van der Waals surface area contributed by atoms with E-state index in [-0.39, 0.29) is 41.8 Å². The standard InChI is InChI=1S/C34H34FN3O6S/c1-2-36-34(40)30(21-25-9-5-3-6-10-25)37(23-26-11-7-4-8-12-26)33(39)24-38(28-15-13-27(35)14-16-28)45(41,42)29-17-18-31-32(22-29)44-20-19-43-31/h3-18,22,30H,2,19-21,23-24H2,1H3,(H,36,40)/t30-/m0/s1. The fourth-order valence-corrected chi connectivity index (χ4v) is 6.50. The van der Waals surface area contributed by atoms with Crippen molar-refractivity contribution in [1.29, 1.82) is 0 Å². The molecule has 0 radical (unpaired) electrons. The Morgan fingerprint density at radius 1 is 0.844 bits per heavy atom. The summed E-state index contributed by atoms with van der Waals surface area (Å²) in [6.45, 7) is 2.13. The van der Waals surface area contributed by atoms with Crippen molar-refractivity contribution in [3.05, 3.63) is 120 Å². The maximum atomic E-state index is 14.4. The summed E-state index contributed by atoms with van der Waals surface area (Å²) in [5, 5.41) is 2.83. The van der Waals surface area contributed by atoms with Gasteiger partial charge in [-0.2, -0.15) is 0 Å². The number of hydrogen-bond acceptors (Lipinski definition) is 6. The van der Waals surface area contributed by atoms with Gasteiger partial charge >= 0.3 is 0 Å². The lowest BCUT2D eigenvalue weighted by atomic mass is 10.0. The zero-order chi connectivity index (χ0) is 31.8. The molecule has 1 aliphatic rings. The zero-order valence-corrected chi connectivity index (χ0v) is 25.6. The van der Waals surface area contributed by atoms with E-state index in [1.54, 1.807) is 6.92 Å². The number of ether oxygens (including phenoxy) is 2. The summed E-state index contributed by atoms with van der Waals surface area (Å²) in [6.07, 6.45) is 0.205. The molecule has 0 bridgehead atoms. The third-order valence-electron chi connectivity index (χ3n) is 7.31. The SMILES string of the molecule is CCNC(=O)[C@H](Cc1ccccc1)N(Cc1ccccc1)C(=O)CN(c1ccc(F)cc1)S(=O)(=O)c1ccc2c(c1)OCCO2. The number of nitrogens with zero attached hydrogens (tertiary/aromatic N) is 2. The second-order valence-corrected chi connectivity index (χ2v) is 12.3. The molecule has 1 N–H and O–H groups in total. The molecule has 2 amide bonds. The first-order valence-electron chi connectivity index (χ1n) is 14.6. The van der Waals surface area contributed by atoms with E-state index >= 15 is 0 Å². The normalized spacial score (nSPS) is 13.0. The van der Waals surface area contributed by atoms with Crippen LogP contribution in [0.25, 0.3) is 0 Å². The van der Waals surface area contributed by atoms with Crippen LogP contribution in [-0.2, 0) is 32.6 Å². The summed E-state index contributed by atoms with van der Waals surface area (Å²) >= 11 is 0. The minimum Gasteiger partial charge on any atom is -0.486 e. The number of nitrogens with one attached hydrogen (secondary N) is 1. The lowest BCUT2D eigenvalue weighted by Gasteiger charge is -2.34. The molecular formula is C34H34FN3O6S. The molecule has 0 unspecified atom stereocenters. The van der Waals surface area contributed by atoms with Crippen molar-refractivity contribution in [3.8, 4) is 11.5 Å². The Hall–Kier alpha value is -4.90.